The largest absolute Gasteiger partial charge is 0.495 e. The number of hydrogen-bond acceptors (Lipinski definition) is 5. The van der Waals surface area contributed by atoms with E-state index in [2.05, 4.69) is 15.6 Å². The summed E-state index contributed by atoms with van der Waals surface area (Å²) in [6.07, 6.45) is 2.42. The second kappa shape index (κ2) is 9.08. The number of methoxy groups -OCH3 is 1. The van der Waals surface area contributed by atoms with Crippen LogP contribution in [0.2, 0.25) is 5.02 Å². The van der Waals surface area contributed by atoms with Gasteiger partial charge in [0.05, 0.1) is 24.4 Å². The highest BCUT2D eigenvalue weighted by Gasteiger charge is 2.31. The van der Waals surface area contributed by atoms with E-state index < -0.39 is 5.92 Å². The van der Waals surface area contributed by atoms with Gasteiger partial charge in [-0.25, -0.2) is 4.98 Å². The van der Waals surface area contributed by atoms with Crippen molar-refractivity contribution < 1.29 is 14.3 Å². The van der Waals surface area contributed by atoms with Crippen LogP contribution in [0.25, 0.3) is 0 Å². The van der Waals surface area contributed by atoms with Crippen molar-refractivity contribution in [2.45, 2.75) is 32.1 Å². The number of halogens is 1. The molecule has 1 unspecified atom stereocenters. The third-order valence-electron chi connectivity index (χ3n) is 5.22. The molecule has 1 aromatic heterocycles. The zero-order chi connectivity index (χ0) is 22.0. The van der Waals surface area contributed by atoms with Gasteiger partial charge in [-0.2, -0.15) is 0 Å². The van der Waals surface area contributed by atoms with E-state index in [-0.39, 0.29) is 11.8 Å². The number of nitrogens with one attached hydrogen (secondary N) is 2. The van der Waals surface area contributed by atoms with Crippen LogP contribution in [0.1, 0.15) is 45.3 Å². The molecule has 2 amide bonds. The molecule has 0 fully saturated rings. The van der Waals surface area contributed by atoms with Gasteiger partial charge in [0.1, 0.15) is 5.75 Å². The van der Waals surface area contributed by atoms with Gasteiger partial charge in [0.2, 0.25) is 5.91 Å². The van der Waals surface area contributed by atoms with Crippen LogP contribution in [0.4, 0.5) is 10.8 Å². The summed E-state index contributed by atoms with van der Waals surface area (Å²) in [5.74, 6) is -0.231. The Kier molecular flexibility index (Phi) is 6.25. The number of rotatable bonds is 5. The molecule has 0 aliphatic heterocycles. The quantitative estimate of drug-likeness (QED) is 0.538. The molecule has 1 heterocycles. The van der Waals surface area contributed by atoms with E-state index in [1.165, 1.54) is 11.3 Å². The number of nitrogens with zero attached hydrogens (tertiary/aromatic N) is 1. The van der Waals surface area contributed by atoms with E-state index >= 15 is 0 Å². The number of aromatic nitrogens is 1. The van der Waals surface area contributed by atoms with Gasteiger partial charge in [-0.05, 0) is 56.5 Å². The van der Waals surface area contributed by atoms with E-state index in [1.54, 1.807) is 37.4 Å². The van der Waals surface area contributed by atoms with Gasteiger partial charge >= 0.3 is 0 Å². The summed E-state index contributed by atoms with van der Waals surface area (Å²) in [6, 6.07) is 12.4. The summed E-state index contributed by atoms with van der Waals surface area (Å²) in [7, 11) is 1.54. The van der Waals surface area contributed by atoms with Crippen molar-refractivity contribution in [3.05, 3.63) is 69.2 Å². The Morgan fingerprint density at radius 1 is 1.16 bits per heavy atom. The molecule has 0 saturated heterocycles. The third kappa shape index (κ3) is 4.73. The highest BCUT2D eigenvalue weighted by atomic mass is 35.5. The number of anilines is 2. The fraction of sp³-hybridized carbons (Fsp3) is 0.261. The molecule has 8 heteroatoms. The monoisotopic (exact) mass is 455 g/mol. The van der Waals surface area contributed by atoms with Crippen LogP contribution in [-0.4, -0.2) is 23.9 Å². The summed E-state index contributed by atoms with van der Waals surface area (Å²) in [4.78, 5) is 31.2. The van der Waals surface area contributed by atoms with Crippen LogP contribution in [-0.2, 0) is 11.2 Å². The number of aryl methyl sites for hydroxylation is 2. The Morgan fingerprint density at radius 2 is 1.94 bits per heavy atom. The van der Waals surface area contributed by atoms with Crippen molar-refractivity contribution >= 4 is 45.6 Å². The SMILES string of the molecule is COc1ccc(Cl)cc1NC(=O)C1CCCc2sc(NC(=O)c3ccc(C)cc3)nc21. The first kappa shape index (κ1) is 21.3. The molecule has 160 valence electrons. The van der Waals surface area contributed by atoms with E-state index in [1.807, 2.05) is 19.1 Å². The van der Waals surface area contributed by atoms with Crippen molar-refractivity contribution in [2.24, 2.45) is 0 Å². The smallest absolute Gasteiger partial charge is 0.257 e. The molecule has 31 heavy (non-hydrogen) atoms. The number of benzene rings is 2. The number of amides is 2. The molecule has 0 radical (unpaired) electrons. The molecule has 1 aliphatic rings. The Labute approximate surface area is 189 Å². The van der Waals surface area contributed by atoms with Gasteiger partial charge in [0, 0.05) is 15.5 Å². The summed E-state index contributed by atoms with van der Waals surface area (Å²) < 4.78 is 5.32. The molecule has 2 N–H and O–H groups in total. The summed E-state index contributed by atoms with van der Waals surface area (Å²) in [6.45, 7) is 1.97. The molecule has 3 aromatic rings. The van der Waals surface area contributed by atoms with Gasteiger partial charge in [-0.15, -0.1) is 11.3 Å². The maximum absolute atomic E-state index is 13.1. The van der Waals surface area contributed by atoms with Gasteiger partial charge in [0.15, 0.2) is 5.13 Å². The lowest BCUT2D eigenvalue weighted by molar-refractivity contribution is -0.118. The lowest BCUT2D eigenvalue weighted by Crippen LogP contribution is -2.25. The van der Waals surface area contributed by atoms with Gasteiger partial charge < -0.3 is 10.1 Å². The molecule has 1 aliphatic carbocycles. The summed E-state index contributed by atoms with van der Waals surface area (Å²) in [5.41, 5.74) is 2.91. The van der Waals surface area contributed by atoms with E-state index in [9.17, 15) is 9.59 Å². The van der Waals surface area contributed by atoms with E-state index in [4.69, 9.17) is 16.3 Å². The predicted molar refractivity (Wildman–Crippen MR) is 124 cm³/mol. The van der Waals surface area contributed by atoms with Crippen LogP contribution in [0.3, 0.4) is 0 Å². The lowest BCUT2D eigenvalue weighted by atomic mass is 9.90. The van der Waals surface area contributed by atoms with Crippen LogP contribution >= 0.6 is 22.9 Å². The molecular weight excluding hydrogens is 434 g/mol. The minimum absolute atomic E-state index is 0.164. The number of fused-ring (bicyclic) bond motifs is 1. The Bertz CT molecular complexity index is 1130. The normalized spacial score (nSPS) is 15.1. The second-order valence-corrected chi connectivity index (χ2v) is 8.95. The van der Waals surface area contributed by atoms with Gasteiger partial charge in [-0.3, -0.25) is 14.9 Å². The Balaban J connectivity index is 1.52. The zero-order valence-corrected chi connectivity index (χ0v) is 18.8. The molecule has 0 spiro atoms. The standard InChI is InChI=1S/C23H22ClN3O3S/c1-13-6-8-14(9-7-13)21(28)27-23-26-20-16(4-3-5-19(20)31-23)22(29)25-17-12-15(24)10-11-18(17)30-2/h6-12,16H,3-5H2,1-2H3,(H,25,29)(H,26,27,28). The number of ether oxygens (including phenoxy) is 1. The highest BCUT2D eigenvalue weighted by Crippen LogP contribution is 2.38. The van der Waals surface area contributed by atoms with E-state index in [0.29, 0.717) is 33.6 Å². The number of hydrogen-bond donors (Lipinski definition) is 2. The topological polar surface area (TPSA) is 80.3 Å². The van der Waals surface area contributed by atoms with Crippen molar-refractivity contribution in [1.29, 1.82) is 0 Å². The van der Waals surface area contributed by atoms with Crippen molar-refractivity contribution in [3.8, 4) is 5.75 Å². The minimum Gasteiger partial charge on any atom is -0.495 e. The molecule has 2 aromatic carbocycles. The maximum atomic E-state index is 13.1. The fourth-order valence-electron chi connectivity index (χ4n) is 3.60. The van der Waals surface area contributed by atoms with Gasteiger partial charge in [0.25, 0.3) is 5.91 Å². The molecule has 0 bridgehead atoms. The fourth-order valence-corrected chi connectivity index (χ4v) is 4.83. The van der Waals surface area contributed by atoms with E-state index in [0.717, 1.165) is 29.0 Å². The number of carbonyl (C=O) groups is 2. The van der Waals surface area contributed by atoms with Crippen LogP contribution in [0, 0.1) is 6.92 Å². The predicted octanol–water partition coefficient (Wildman–Crippen LogP) is 5.42. The van der Waals surface area contributed by atoms with Gasteiger partial charge in [-0.1, -0.05) is 29.3 Å². The molecule has 4 rings (SSSR count). The maximum Gasteiger partial charge on any atom is 0.257 e. The van der Waals surface area contributed by atoms with Crippen molar-refractivity contribution in [1.82, 2.24) is 4.98 Å². The highest BCUT2D eigenvalue weighted by molar-refractivity contribution is 7.16. The summed E-state index contributed by atoms with van der Waals surface area (Å²) >= 11 is 7.51. The zero-order valence-electron chi connectivity index (χ0n) is 17.2. The second-order valence-electron chi connectivity index (χ2n) is 7.43. The van der Waals surface area contributed by atoms with Crippen LogP contribution < -0.4 is 15.4 Å². The number of carbonyl (C=O) groups excluding carboxylic acids is 2. The van der Waals surface area contributed by atoms with Crippen LogP contribution in [0.15, 0.2) is 42.5 Å². The molecule has 0 saturated carbocycles. The van der Waals surface area contributed by atoms with Crippen molar-refractivity contribution in [2.75, 3.05) is 17.7 Å². The average molecular weight is 456 g/mol. The molecule has 1 atom stereocenters. The first-order valence-corrected chi connectivity index (χ1v) is 11.2. The number of thiazole rings is 1. The third-order valence-corrected chi connectivity index (χ3v) is 6.51. The molecular formula is C23H22ClN3O3S. The Morgan fingerprint density at radius 3 is 2.68 bits per heavy atom. The first-order valence-electron chi connectivity index (χ1n) is 9.96. The average Bonchev–Trinajstić information content (AvgIpc) is 3.16. The lowest BCUT2D eigenvalue weighted by Gasteiger charge is -2.21. The Hall–Kier alpha value is -2.90. The van der Waals surface area contributed by atoms with Crippen molar-refractivity contribution in [3.63, 3.8) is 0 Å². The summed E-state index contributed by atoms with van der Waals surface area (Å²) in [5, 5.41) is 6.81. The first-order chi connectivity index (χ1) is 14.9. The molecule has 6 nitrogen and oxygen atoms in total. The minimum atomic E-state index is -0.395. The van der Waals surface area contributed by atoms with Crippen LogP contribution in [0.5, 0.6) is 5.75 Å².